The second kappa shape index (κ2) is 6.68. The number of aryl methyl sites for hydroxylation is 1. The van der Waals surface area contributed by atoms with E-state index in [9.17, 15) is 19.1 Å². The number of benzene rings is 1. The number of β-amino-alcohol motifs (C(OH)–C–C–N with tert-alkyl or cyclic N) is 1. The molecule has 1 fully saturated rings. The third-order valence-electron chi connectivity index (χ3n) is 4.48. The number of aromatic amines is 1. The maximum Gasteiger partial charge on any atom is 0.341 e. The summed E-state index contributed by atoms with van der Waals surface area (Å²) in [6.45, 7) is 2.92. The molecule has 132 valence electrons. The van der Waals surface area contributed by atoms with Gasteiger partial charge in [0, 0.05) is 24.3 Å². The van der Waals surface area contributed by atoms with Crippen molar-refractivity contribution in [3.8, 4) is 11.3 Å². The Hall–Kier alpha value is -2.67. The molecule has 0 unspecified atom stereocenters. The summed E-state index contributed by atoms with van der Waals surface area (Å²) in [4.78, 5) is 27.5. The lowest BCUT2D eigenvalue weighted by molar-refractivity contribution is 0.0695. The number of aliphatic hydroxyl groups is 1. The number of nitrogens with zero attached hydrogens (tertiary/aromatic N) is 1. The Labute approximate surface area is 143 Å². The monoisotopic (exact) mass is 346 g/mol. The van der Waals surface area contributed by atoms with E-state index in [2.05, 4.69) is 4.98 Å². The molecule has 1 atom stereocenters. The summed E-state index contributed by atoms with van der Waals surface area (Å²) in [7, 11) is 0. The van der Waals surface area contributed by atoms with Gasteiger partial charge in [0.1, 0.15) is 11.4 Å². The first-order valence-electron chi connectivity index (χ1n) is 8.13. The molecule has 25 heavy (non-hydrogen) atoms. The van der Waals surface area contributed by atoms with Crippen molar-refractivity contribution in [1.82, 2.24) is 4.98 Å². The number of aromatic nitrogens is 1. The highest BCUT2D eigenvalue weighted by Gasteiger charge is 2.22. The average Bonchev–Trinajstić information content (AvgIpc) is 3.00. The van der Waals surface area contributed by atoms with E-state index in [1.807, 2.05) is 4.90 Å². The number of pyridine rings is 1. The van der Waals surface area contributed by atoms with Crippen molar-refractivity contribution in [2.45, 2.75) is 25.9 Å². The van der Waals surface area contributed by atoms with Crippen LogP contribution in [-0.2, 0) is 6.42 Å². The first-order valence-corrected chi connectivity index (χ1v) is 8.13. The second-order valence-electron chi connectivity index (χ2n) is 6.12. The molecule has 2 aromatic rings. The van der Waals surface area contributed by atoms with Crippen LogP contribution in [0.2, 0.25) is 0 Å². The summed E-state index contributed by atoms with van der Waals surface area (Å²) in [5.74, 6) is -1.82. The van der Waals surface area contributed by atoms with E-state index in [0.717, 1.165) is 0 Å². The SMILES string of the molecule is CCc1cc(C(=O)O)c(=O)[nH]c1-c1ccc(N2CC[C@@H](O)C2)cc1F. The molecule has 0 amide bonds. The van der Waals surface area contributed by atoms with E-state index in [4.69, 9.17) is 5.11 Å². The summed E-state index contributed by atoms with van der Waals surface area (Å²) in [5.41, 5.74) is 0.618. The topological polar surface area (TPSA) is 93.6 Å². The fourth-order valence-corrected chi connectivity index (χ4v) is 3.13. The molecular formula is C18H19FN2O4. The van der Waals surface area contributed by atoms with Gasteiger partial charge in [-0.1, -0.05) is 6.92 Å². The van der Waals surface area contributed by atoms with Crippen LogP contribution in [0.3, 0.4) is 0 Å². The Morgan fingerprint density at radius 2 is 2.16 bits per heavy atom. The Kier molecular flexibility index (Phi) is 4.59. The zero-order valence-electron chi connectivity index (χ0n) is 13.8. The molecule has 0 spiro atoms. The Balaban J connectivity index is 2.03. The number of aromatic carboxylic acids is 1. The molecule has 1 aromatic heterocycles. The molecule has 0 radical (unpaired) electrons. The number of nitrogens with one attached hydrogen (secondary N) is 1. The molecule has 6 nitrogen and oxygen atoms in total. The zero-order chi connectivity index (χ0) is 18.1. The lowest BCUT2D eigenvalue weighted by Crippen LogP contribution is -2.21. The third kappa shape index (κ3) is 3.28. The number of aliphatic hydroxyl groups excluding tert-OH is 1. The molecule has 3 N–H and O–H groups in total. The van der Waals surface area contributed by atoms with Gasteiger partial charge >= 0.3 is 5.97 Å². The minimum atomic E-state index is -1.31. The normalized spacial score (nSPS) is 17.1. The second-order valence-corrected chi connectivity index (χ2v) is 6.12. The predicted octanol–water partition coefficient (Wildman–Crippen LogP) is 2.01. The third-order valence-corrected chi connectivity index (χ3v) is 4.48. The number of hydrogen-bond acceptors (Lipinski definition) is 4. The molecule has 2 heterocycles. The number of rotatable bonds is 4. The van der Waals surface area contributed by atoms with Crippen LogP contribution in [-0.4, -0.2) is 40.4 Å². The highest BCUT2D eigenvalue weighted by Crippen LogP contribution is 2.29. The summed E-state index contributed by atoms with van der Waals surface area (Å²) in [5, 5.41) is 18.7. The molecular weight excluding hydrogens is 327 g/mol. The number of carboxylic acid groups (broad SMARTS) is 1. The Bertz CT molecular complexity index is 878. The van der Waals surface area contributed by atoms with E-state index in [1.54, 1.807) is 19.1 Å². The van der Waals surface area contributed by atoms with Crippen molar-refractivity contribution < 1.29 is 19.4 Å². The predicted molar refractivity (Wildman–Crippen MR) is 91.6 cm³/mol. The van der Waals surface area contributed by atoms with Crippen LogP contribution in [0, 0.1) is 5.82 Å². The smallest absolute Gasteiger partial charge is 0.341 e. The van der Waals surface area contributed by atoms with E-state index in [1.165, 1.54) is 12.1 Å². The summed E-state index contributed by atoms with van der Waals surface area (Å²) in [6, 6.07) is 5.97. The maximum atomic E-state index is 14.7. The van der Waals surface area contributed by atoms with Crippen LogP contribution in [0.25, 0.3) is 11.3 Å². The van der Waals surface area contributed by atoms with E-state index >= 15 is 0 Å². The van der Waals surface area contributed by atoms with Gasteiger partial charge in [0.15, 0.2) is 0 Å². The van der Waals surface area contributed by atoms with Crippen molar-refractivity contribution in [3.05, 3.63) is 51.6 Å². The molecule has 7 heteroatoms. The van der Waals surface area contributed by atoms with Gasteiger partial charge in [-0.25, -0.2) is 9.18 Å². The quantitative estimate of drug-likeness (QED) is 0.787. The van der Waals surface area contributed by atoms with Gasteiger partial charge in [0.25, 0.3) is 5.56 Å². The van der Waals surface area contributed by atoms with Gasteiger partial charge in [-0.05, 0) is 42.7 Å². The molecule has 0 aliphatic carbocycles. The molecule has 1 aromatic carbocycles. The van der Waals surface area contributed by atoms with Crippen LogP contribution >= 0.6 is 0 Å². The highest BCUT2D eigenvalue weighted by atomic mass is 19.1. The lowest BCUT2D eigenvalue weighted by Gasteiger charge is -2.19. The fraction of sp³-hybridized carbons (Fsp3) is 0.333. The van der Waals surface area contributed by atoms with E-state index < -0.39 is 23.4 Å². The van der Waals surface area contributed by atoms with Crippen LogP contribution in [0.4, 0.5) is 10.1 Å². The zero-order valence-corrected chi connectivity index (χ0v) is 13.8. The average molecular weight is 346 g/mol. The van der Waals surface area contributed by atoms with Gasteiger partial charge < -0.3 is 20.1 Å². The Morgan fingerprint density at radius 1 is 1.40 bits per heavy atom. The molecule has 0 saturated carbocycles. The van der Waals surface area contributed by atoms with E-state index in [-0.39, 0.29) is 11.1 Å². The van der Waals surface area contributed by atoms with Crippen molar-refractivity contribution in [3.63, 3.8) is 0 Å². The maximum absolute atomic E-state index is 14.7. The van der Waals surface area contributed by atoms with Gasteiger partial charge in [0.05, 0.1) is 11.8 Å². The van der Waals surface area contributed by atoms with Crippen LogP contribution < -0.4 is 10.5 Å². The molecule has 0 bridgehead atoms. The number of carboxylic acids is 1. The Morgan fingerprint density at radius 3 is 2.72 bits per heavy atom. The van der Waals surface area contributed by atoms with E-state index in [0.29, 0.717) is 42.9 Å². The first kappa shape index (κ1) is 17.2. The summed E-state index contributed by atoms with van der Waals surface area (Å²) in [6.07, 6.45) is 0.688. The molecule has 1 aliphatic heterocycles. The number of hydrogen-bond donors (Lipinski definition) is 3. The summed E-state index contributed by atoms with van der Waals surface area (Å²) < 4.78 is 14.7. The largest absolute Gasteiger partial charge is 0.477 e. The van der Waals surface area contributed by atoms with Crippen LogP contribution in [0.5, 0.6) is 0 Å². The number of anilines is 1. The minimum absolute atomic E-state index is 0.217. The minimum Gasteiger partial charge on any atom is -0.477 e. The molecule has 1 saturated heterocycles. The van der Waals surface area contributed by atoms with Crippen molar-refractivity contribution in [2.75, 3.05) is 18.0 Å². The lowest BCUT2D eigenvalue weighted by atomic mass is 10.0. The number of H-pyrrole nitrogens is 1. The van der Waals surface area contributed by atoms with Gasteiger partial charge in [0.2, 0.25) is 0 Å². The highest BCUT2D eigenvalue weighted by molar-refractivity contribution is 5.88. The standard InChI is InChI=1S/C18H19FN2O4/c1-2-10-7-14(18(24)25)17(23)20-16(10)13-4-3-11(8-15(13)19)21-6-5-12(22)9-21/h3-4,7-8,12,22H,2,5-6,9H2,1H3,(H,20,23)(H,24,25)/t12-/m1/s1. The fourth-order valence-electron chi connectivity index (χ4n) is 3.13. The summed E-state index contributed by atoms with van der Waals surface area (Å²) >= 11 is 0. The molecule has 1 aliphatic rings. The number of halogens is 1. The van der Waals surface area contributed by atoms with Crippen molar-refractivity contribution >= 4 is 11.7 Å². The molecule has 3 rings (SSSR count). The number of carbonyl (C=O) groups is 1. The first-order chi connectivity index (χ1) is 11.9. The van der Waals surface area contributed by atoms with Gasteiger partial charge in [-0.2, -0.15) is 0 Å². The van der Waals surface area contributed by atoms with Crippen molar-refractivity contribution in [1.29, 1.82) is 0 Å². The van der Waals surface area contributed by atoms with Crippen LogP contribution in [0.1, 0.15) is 29.3 Å². The van der Waals surface area contributed by atoms with Crippen LogP contribution in [0.15, 0.2) is 29.1 Å². The van der Waals surface area contributed by atoms with Crippen molar-refractivity contribution in [2.24, 2.45) is 0 Å². The van der Waals surface area contributed by atoms with Gasteiger partial charge in [-0.3, -0.25) is 4.79 Å². The van der Waals surface area contributed by atoms with Gasteiger partial charge in [-0.15, -0.1) is 0 Å².